The summed E-state index contributed by atoms with van der Waals surface area (Å²) < 4.78 is 45.0. The lowest BCUT2D eigenvalue weighted by Gasteiger charge is -2.30. The van der Waals surface area contributed by atoms with Gasteiger partial charge in [-0.2, -0.15) is 13.2 Å². The average molecular weight is 466 g/mol. The molecule has 0 bridgehead atoms. The van der Waals surface area contributed by atoms with E-state index >= 15 is 0 Å². The number of rotatable bonds is 6. The number of fused-ring (bicyclic) bond motifs is 1. The second-order valence-corrected chi connectivity index (χ2v) is 9.84. The van der Waals surface area contributed by atoms with E-state index in [-0.39, 0.29) is 30.9 Å². The Morgan fingerprint density at radius 1 is 1.06 bits per heavy atom. The Hall–Kier alpha value is -2.77. The van der Waals surface area contributed by atoms with E-state index in [4.69, 9.17) is 4.74 Å². The van der Waals surface area contributed by atoms with Gasteiger partial charge in [-0.15, -0.1) is 0 Å². The maximum atomic E-state index is 13.1. The Balaban J connectivity index is 1.82. The molecule has 1 amide bonds. The molecule has 0 aliphatic heterocycles. The van der Waals surface area contributed by atoms with Crippen LogP contribution in [0.2, 0.25) is 0 Å². The van der Waals surface area contributed by atoms with Crippen LogP contribution in [-0.2, 0) is 4.79 Å². The van der Waals surface area contributed by atoms with Crippen molar-refractivity contribution in [1.29, 1.82) is 0 Å². The van der Waals surface area contributed by atoms with Crippen molar-refractivity contribution in [1.82, 2.24) is 5.32 Å². The molecule has 0 spiro atoms. The summed E-state index contributed by atoms with van der Waals surface area (Å²) in [6.45, 7) is 5.37. The van der Waals surface area contributed by atoms with Crippen molar-refractivity contribution in [2.45, 2.75) is 58.7 Å². The average Bonchev–Trinajstić information content (AvgIpc) is 2.74. The molecule has 5 nitrogen and oxygen atoms in total. The molecule has 0 unspecified atom stereocenters. The highest BCUT2D eigenvalue weighted by Gasteiger charge is 2.41. The molecule has 33 heavy (non-hydrogen) atoms. The van der Waals surface area contributed by atoms with Crippen LogP contribution in [0.4, 0.5) is 13.2 Å². The number of carboxylic acid groups (broad SMARTS) is 1. The fourth-order valence-electron chi connectivity index (χ4n) is 4.29. The van der Waals surface area contributed by atoms with Gasteiger partial charge < -0.3 is 15.2 Å². The lowest BCUT2D eigenvalue weighted by Crippen LogP contribution is -2.49. The minimum atomic E-state index is -4.17. The van der Waals surface area contributed by atoms with E-state index in [9.17, 15) is 27.9 Å². The summed E-state index contributed by atoms with van der Waals surface area (Å²) in [5, 5.41) is 13.7. The first-order valence-corrected chi connectivity index (χ1v) is 11.1. The number of alkyl halides is 3. The Morgan fingerprint density at radius 2 is 1.70 bits per heavy atom. The summed E-state index contributed by atoms with van der Waals surface area (Å²) in [6.07, 6.45) is -3.21. The first kappa shape index (κ1) is 24.9. The van der Waals surface area contributed by atoms with Gasteiger partial charge in [-0.3, -0.25) is 4.79 Å². The third-order valence-electron chi connectivity index (χ3n) is 6.29. The third kappa shape index (κ3) is 5.97. The van der Waals surface area contributed by atoms with Crippen molar-refractivity contribution in [3.63, 3.8) is 0 Å². The van der Waals surface area contributed by atoms with Crippen LogP contribution in [0.25, 0.3) is 10.8 Å². The molecule has 8 heteroatoms. The standard InChI is InChI=1S/C25H30F3NO4/c1-24(2,3)21(23(31)32)29-22(30)19-13-10-16-6-4-5-7-18(16)20(19)33-14-15-8-11-17(12-9-15)25(26,27)28/h4-7,10,13,15,17,21H,8-9,11-12,14H2,1-3H3,(H,29,30)(H,31,32)/t15-,17-,21-/m1/s1. The highest BCUT2D eigenvalue weighted by molar-refractivity contribution is 6.05. The van der Waals surface area contributed by atoms with Gasteiger partial charge in [0, 0.05) is 5.39 Å². The number of carbonyl (C=O) groups excluding carboxylic acids is 1. The summed E-state index contributed by atoms with van der Waals surface area (Å²) in [7, 11) is 0. The number of nitrogens with one attached hydrogen (secondary N) is 1. The highest BCUT2D eigenvalue weighted by atomic mass is 19.4. The van der Waals surface area contributed by atoms with E-state index in [1.807, 2.05) is 12.1 Å². The van der Waals surface area contributed by atoms with Crippen LogP contribution in [0.1, 0.15) is 56.8 Å². The predicted molar refractivity (Wildman–Crippen MR) is 119 cm³/mol. The van der Waals surface area contributed by atoms with Crippen LogP contribution in [0.3, 0.4) is 0 Å². The molecule has 1 fully saturated rings. The maximum absolute atomic E-state index is 13.1. The zero-order chi connectivity index (χ0) is 24.4. The monoisotopic (exact) mass is 465 g/mol. The number of hydrogen-bond donors (Lipinski definition) is 2. The Bertz CT molecular complexity index is 1000. The molecule has 180 valence electrons. The molecule has 0 radical (unpaired) electrons. The van der Waals surface area contributed by atoms with Crippen molar-refractivity contribution in [2.75, 3.05) is 6.61 Å². The topological polar surface area (TPSA) is 75.6 Å². The van der Waals surface area contributed by atoms with Gasteiger partial charge in [-0.05, 0) is 48.5 Å². The third-order valence-corrected chi connectivity index (χ3v) is 6.29. The van der Waals surface area contributed by atoms with Crippen LogP contribution in [0.15, 0.2) is 36.4 Å². The number of aliphatic carboxylic acids is 1. The van der Waals surface area contributed by atoms with Crippen LogP contribution in [-0.4, -0.2) is 35.8 Å². The number of benzene rings is 2. The fourth-order valence-corrected chi connectivity index (χ4v) is 4.29. The van der Waals surface area contributed by atoms with E-state index in [1.165, 1.54) is 0 Å². The Kier molecular flexibility index (Phi) is 7.24. The summed E-state index contributed by atoms with van der Waals surface area (Å²) in [4.78, 5) is 24.8. The van der Waals surface area contributed by atoms with Gasteiger partial charge in [0.05, 0.1) is 18.1 Å². The van der Waals surface area contributed by atoms with Crippen LogP contribution < -0.4 is 10.1 Å². The Labute approximate surface area is 191 Å². The summed E-state index contributed by atoms with van der Waals surface area (Å²) in [6, 6.07) is 9.58. The first-order valence-electron chi connectivity index (χ1n) is 11.1. The fraction of sp³-hybridized carbons (Fsp3) is 0.520. The number of hydrogen-bond acceptors (Lipinski definition) is 3. The quantitative estimate of drug-likeness (QED) is 0.564. The number of amides is 1. The van der Waals surface area contributed by atoms with Gasteiger partial charge in [0.15, 0.2) is 0 Å². The lowest BCUT2D eigenvalue weighted by atomic mass is 9.82. The van der Waals surface area contributed by atoms with Crippen molar-refractivity contribution >= 4 is 22.6 Å². The normalized spacial score (nSPS) is 20.3. The molecular weight excluding hydrogens is 435 g/mol. The van der Waals surface area contributed by atoms with Crippen molar-refractivity contribution in [3.05, 3.63) is 42.0 Å². The molecule has 1 atom stereocenters. The number of halogens is 3. The molecule has 0 heterocycles. The minimum absolute atomic E-state index is 0.0418. The van der Waals surface area contributed by atoms with Crippen LogP contribution >= 0.6 is 0 Å². The molecule has 3 rings (SSSR count). The molecule has 2 aromatic rings. The lowest BCUT2D eigenvalue weighted by molar-refractivity contribution is -0.184. The smallest absolute Gasteiger partial charge is 0.391 e. The number of ether oxygens (including phenoxy) is 1. The van der Waals surface area contributed by atoms with Crippen molar-refractivity contribution < 1.29 is 32.6 Å². The number of carboxylic acids is 1. The molecule has 1 aliphatic rings. The maximum Gasteiger partial charge on any atom is 0.391 e. The predicted octanol–water partition coefficient (Wildman–Crippen LogP) is 5.82. The van der Waals surface area contributed by atoms with Gasteiger partial charge >= 0.3 is 12.1 Å². The van der Waals surface area contributed by atoms with E-state index < -0.39 is 35.4 Å². The van der Waals surface area contributed by atoms with Crippen LogP contribution in [0, 0.1) is 17.3 Å². The van der Waals surface area contributed by atoms with E-state index in [2.05, 4.69) is 5.32 Å². The second-order valence-electron chi connectivity index (χ2n) is 9.84. The van der Waals surface area contributed by atoms with Gasteiger partial charge in [0.2, 0.25) is 0 Å². The second kappa shape index (κ2) is 9.61. The SMILES string of the molecule is CC(C)(C)[C@H](NC(=O)c1ccc2ccccc2c1OC[C@H]1CC[C@H](C(F)(F)F)CC1)C(=O)O. The molecular formula is C25H30F3NO4. The van der Waals surface area contributed by atoms with Gasteiger partial charge in [0.1, 0.15) is 11.8 Å². The van der Waals surface area contributed by atoms with Gasteiger partial charge in [0.25, 0.3) is 5.91 Å². The Morgan fingerprint density at radius 3 is 2.27 bits per heavy atom. The summed E-state index contributed by atoms with van der Waals surface area (Å²) >= 11 is 0. The van der Waals surface area contributed by atoms with Crippen molar-refractivity contribution in [2.24, 2.45) is 17.3 Å². The van der Waals surface area contributed by atoms with E-state index in [1.54, 1.807) is 45.0 Å². The summed E-state index contributed by atoms with van der Waals surface area (Å²) in [5.74, 6) is -2.70. The number of carbonyl (C=O) groups is 2. The van der Waals surface area contributed by atoms with E-state index in [0.717, 1.165) is 5.39 Å². The molecule has 1 aliphatic carbocycles. The summed E-state index contributed by atoms with van der Waals surface area (Å²) in [5.41, 5.74) is -0.510. The molecule has 0 aromatic heterocycles. The molecule has 0 saturated heterocycles. The zero-order valence-corrected chi connectivity index (χ0v) is 19.0. The van der Waals surface area contributed by atoms with Crippen LogP contribution in [0.5, 0.6) is 5.75 Å². The van der Waals surface area contributed by atoms with Gasteiger partial charge in [-0.25, -0.2) is 4.79 Å². The zero-order valence-electron chi connectivity index (χ0n) is 19.0. The molecule has 1 saturated carbocycles. The molecule has 2 N–H and O–H groups in total. The first-order chi connectivity index (χ1) is 15.4. The van der Waals surface area contributed by atoms with E-state index in [0.29, 0.717) is 24.0 Å². The highest BCUT2D eigenvalue weighted by Crippen LogP contribution is 2.40. The van der Waals surface area contributed by atoms with Gasteiger partial charge in [-0.1, -0.05) is 51.1 Å². The van der Waals surface area contributed by atoms with Crippen molar-refractivity contribution in [3.8, 4) is 5.75 Å². The minimum Gasteiger partial charge on any atom is -0.492 e. The largest absolute Gasteiger partial charge is 0.492 e. The molecule has 2 aromatic carbocycles.